The van der Waals surface area contributed by atoms with Crippen molar-refractivity contribution in [3.63, 3.8) is 0 Å². The van der Waals surface area contributed by atoms with E-state index >= 15 is 0 Å². The fourth-order valence-corrected chi connectivity index (χ4v) is 3.22. The fraction of sp³-hybridized carbons (Fsp3) is 0.176. The second-order valence-corrected chi connectivity index (χ2v) is 7.15. The molecule has 0 aromatic heterocycles. The van der Waals surface area contributed by atoms with Crippen molar-refractivity contribution in [3.05, 3.63) is 55.4 Å². The van der Waals surface area contributed by atoms with E-state index in [0.717, 1.165) is 20.1 Å². The molecule has 0 saturated carbocycles. The Bertz CT molecular complexity index is 789. The van der Waals surface area contributed by atoms with Gasteiger partial charge in [0.1, 0.15) is 0 Å². The third-order valence-corrected chi connectivity index (χ3v) is 4.86. The van der Waals surface area contributed by atoms with Gasteiger partial charge in [-0.1, -0.05) is 27.5 Å². The predicted molar refractivity (Wildman–Crippen MR) is 109 cm³/mol. The Labute approximate surface area is 168 Å². The molecule has 0 spiro atoms. The molecule has 2 aromatic rings. The van der Waals surface area contributed by atoms with E-state index in [1.165, 1.54) is 6.21 Å². The van der Waals surface area contributed by atoms with E-state index in [1.54, 1.807) is 18.2 Å². The SMILES string of the molecule is CCOc1c(Cl)cc(/C=N/NC(=O)Nc2ccc(Br)c(C)c2)cc1Br. The molecule has 0 fully saturated rings. The number of nitrogens with zero attached hydrogens (tertiary/aromatic N) is 1. The summed E-state index contributed by atoms with van der Waals surface area (Å²) >= 11 is 13.0. The highest BCUT2D eigenvalue weighted by atomic mass is 79.9. The van der Waals surface area contributed by atoms with Gasteiger partial charge in [0.15, 0.2) is 5.75 Å². The van der Waals surface area contributed by atoms with Gasteiger partial charge in [0.25, 0.3) is 0 Å². The first-order valence-corrected chi connectivity index (χ1v) is 9.35. The van der Waals surface area contributed by atoms with Gasteiger partial charge >= 0.3 is 6.03 Å². The molecule has 0 atom stereocenters. The summed E-state index contributed by atoms with van der Waals surface area (Å²) in [6, 6.07) is 8.60. The van der Waals surface area contributed by atoms with Gasteiger partial charge in [0.2, 0.25) is 0 Å². The van der Waals surface area contributed by atoms with Crippen LogP contribution < -0.4 is 15.5 Å². The van der Waals surface area contributed by atoms with E-state index in [-0.39, 0.29) is 0 Å². The zero-order valence-electron chi connectivity index (χ0n) is 13.6. The van der Waals surface area contributed by atoms with Crippen molar-refractivity contribution >= 4 is 61.4 Å². The number of aryl methyl sites for hydroxylation is 1. The maximum absolute atomic E-state index is 11.9. The number of urea groups is 1. The number of anilines is 1. The van der Waals surface area contributed by atoms with Gasteiger partial charge in [-0.2, -0.15) is 5.10 Å². The molecule has 0 heterocycles. The second kappa shape index (κ2) is 9.22. The van der Waals surface area contributed by atoms with Crippen molar-refractivity contribution < 1.29 is 9.53 Å². The number of hydrogen-bond acceptors (Lipinski definition) is 3. The Balaban J connectivity index is 1.98. The molecule has 0 unspecified atom stereocenters. The van der Waals surface area contributed by atoms with E-state index in [1.807, 2.05) is 26.0 Å². The number of ether oxygens (including phenoxy) is 1. The molecule has 0 aliphatic heterocycles. The maximum atomic E-state index is 11.9. The lowest BCUT2D eigenvalue weighted by Crippen LogP contribution is -2.24. The zero-order valence-corrected chi connectivity index (χ0v) is 17.5. The molecule has 0 aliphatic rings. The highest BCUT2D eigenvalue weighted by molar-refractivity contribution is 9.10. The molecule has 25 heavy (non-hydrogen) atoms. The van der Waals surface area contributed by atoms with Gasteiger partial charge < -0.3 is 10.1 Å². The summed E-state index contributed by atoms with van der Waals surface area (Å²) in [6.45, 7) is 4.34. The van der Waals surface area contributed by atoms with Crippen molar-refractivity contribution in [3.8, 4) is 5.75 Å². The summed E-state index contributed by atoms with van der Waals surface area (Å²) in [5, 5.41) is 7.09. The molecular weight excluding hydrogens is 473 g/mol. The third kappa shape index (κ3) is 5.73. The average Bonchev–Trinajstić information content (AvgIpc) is 2.54. The number of amides is 2. The van der Waals surface area contributed by atoms with Crippen LogP contribution in [0.15, 0.2) is 44.4 Å². The topological polar surface area (TPSA) is 62.7 Å². The van der Waals surface area contributed by atoms with E-state index < -0.39 is 6.03 Å². The summed E-state index contributed by atoms with van der Waals surface area (Å²) in [5.41, 5.74) is 4.84. The number of benzene rings is 2. The van der Waals surface area contributed by atoms with Crippen molar-refractivity contribution in [2.24, 2.45) is 5.10 Å². The Morgan fingerprint density at radius 3 is 2.68 bits per heavy atom. The minimum absolute atomic E-state index is 0.436. The quantitative estimate of drug-likeness (QED) is 0.416. The summed E-state index contributed by atoms with van der Waals surface area (Å²) in [6.07, 6.45) is 1.50. The Hall–Kier alpha value is -1.57. The first-order valence-electron chi connectivity index (χ1n) is 7.38. The van der Waals surface area contributed by atoms with Crippen LogP contribution in [0, 0.1) is 6.92 Å². The molecule has 0 saturated heterocycles. The molecule has 0 radical (unpaired) electrons. The maximum Gasteiger partial charge on any atom is 0.339 e. The van der Waals surface area contributed by atoms with Crippen LogP contribution in [0.1, 0.15) is 18.1 Å². The Morgan fingerprint density at radius 2 is 2.04 bits per heavy atom. The number of carbonyl (C=O) groups excluding carboxylic acids is 1. The van der Waals surface area contributed by atoms with Gasteiger partial charge in [-0.25, -0.2) is 10.2 Å². The van der Waals surface area contributed by atoms with Gasteiger partial charge in [-0.3, -0.25) is 0 Å². The van der Waals surface area contributed by atoms with Crippen LogP contribution in [0.3, 0.4) is 0 Å². The lowest BCUT2D eigenvalue weighted by Gasteiger charge is -2.09. The standard InChI is InChI=1S/C17H16Br2ClN3O2/c1-3-25-16-14(19)7-11(8-15(16)20)9-21-23-17(24)22-12-4-5-13(18)10(2)6-12/h4-9H,3H2,1-2H3,(H2,22,23,24)/b21-9+. The number of halogens is 3. The number of rotatable bonds is 5. The number of nitrogens with one attached hydrogen (secondary N) is 2. The average molecular weight is 490 g/mol. The highest BCUT2D eigenvalue weighted by Crippen LogP contribution is 2.34. The van der Waals surface area contributed by atoms with E-state index in [2.05, 4.69) is 47.7 Å². The molecular formula is C17H16Br2ClN3O2. The highest BCUT2D eigenvalue weighted by Gasteiger charge is 2.08. The molecule has 0 aliphatic carbocycles. The first-order chi connectivity index (χ1) is 11.9. The number of hydrogen-bond donors (Lipinski definition) is 2. The summed E-state index contributed by atoms with van der Waals surface area (Å²) in [5.74, 6) is 0.581. The molecule has 2 rings (SSSR count). The zero-order chi connectivity index (χ0) is 18.4. The molecule has 0 bridgehead atoms. The van der Waals surface area contributed by atoms with Crippen LogP contribution in [-0.4, -0.2) is 18.9 Å². The minimum Gasteiger partial charge on any atom is -0.491 e. The van der Waals surface area contributed by atoms with Crippen LogP contribution >= 0.6 is 43.5 Å². The third-order valence-electron chi connectivity index (χ3n) is 3.10. The summed E-state index contributed by atoms with van der Waals surface area (Å²) in [7, 11) is 0. The minimum atomic E-state index is -0.436. The monoisotopic (exact) mass is 487 g/mol. The smallest absolute Gasteiger partial charge is 0.339 e. The van der Waals surface area contributed by atoms with Crippen LogP contribution in [-0.2, 0) is 0 Å². The van der Waals surface area contributed by atoms with Gasteiger partial charge in [-0.15, -0.1) is 0 Å². The normalized spacial score (nSPS) is 10.8. The Morgan fingerprint density at radius 1 is 1.28 bits per heavy atom. The lowest BCUT2D eigenvalue weighted by atomic mass is 10.2. The van der Waals surface area contributed by atoms with Gasteiger partial charge in [0.05, 0.1) is 22.3 Å². The van der Waals surface area contributed by atoms with Crippen LogP contribution in [0.5, 0.6) is 5.75 Å². The second-order valence-electron chi connectivity index (χ2n) is 5.03. The molecule has 2 N–H and O–H groups in total. The van der Waals surface area contributed by atoms with E-state index in [4.69, 9.17) is 16.3 Å². The van der Waals surface area contributed by atoms with Gasteiger partial charge in [-0.05, 0) is 71.2 Å². The van der Waals surface area contributed by atoms with Crippen LogP contribution in [0.2, 0.25) is 5.02 Å². The molecule has 5 nitrogen and oxygen atoms in total. The van der Waals surface area contributed by atoms with Gasteiger partial charge in [0, 0.05) is 10.2 Å². The van der Waals surface area contributed by atoms with Crippen molar-refractivity contribution in [2.45, 2.75) is 13.8 Å². The predicted octanol–water partition coefficient (Wildman–Crippen LogP) is 5.73. The largest absolute Gasteiger partial charge is 0.491 e. The van der Waals surface area contributed by atoms with E-state index in [9.17, 15) is 4.79 Å². The number of carbonyl (C=O) groups is 1. The molecule has 2 aromatic carbocycles. The summed E-state index contributed by atoms with van der Waals surface area (Å²) < 4.78 is 7.14. The summed E-state index contributed by atoms with van der Waals surface area (Å²) in [4.78, 5) is 11.9. The van der Waals surface area contributed by atoms with Crippen LogP contribution in [0.25, 0.3) is 0 Å². The first kappa shape index (κ1) is 19.8. The van der Waals surface area contributed by atoms with Crippen molar-refractivity contribution in [1.82, 2.24) is 5.43 Å². The molecule has 8 heteroatoms. The van der Waals surface area contributed by atoms with E-state index in [0.29, 0.717) is 23.1 Å². The lowest BCUT2D eigenvalue weighted by molar-refractivity contribution is 0.252. The van der Waals surface area contributed by atoms with Crippen molar-refractivity contribution in [1.29, 1.82) is 0 Å². The fourth-order valence-electron chi connectivity index (χ4n) is 1.98. The van der Waals surface area contributed by atoms with Crippen LogP contribution in [0.4, 0.5) is 10.5 Å². The molecule has 2 amide bonds. The number of hydrazone groups is 1. The van der Waals surface area contributed by atoms with Crippen molar-refractivity contribution in [2.75, 3.05) is 11.9 Å². The molecule has 132 valence electrons. The Kier molecular flexibility index (Phi) is 7.28.